The number of phosphoric ester groups is 1. The summed E-state index contributed by atoms with van der Waals surface area (Å²) >= 11 is 0. The first-order valence-electron chi connectivity index (χ1n) is 5.96. The van der Waals surface area contributed by atoms with Crippen molar-refractivity contribution in [3.05, 3.63) is 36.4 Å². The van der Waals surface area contributed by atoms with Crippen LogP contribution in [0.25, 0.3) is 5.76 Å². The monoisotopic (exact) mass is 286 g/mol. The van der Waals surface area contributed by atoms with Crippen LogP contribution in [-0.2, 0) is 18.1 Å². The first kappa shape index (κ1) is 15.8. The molecule has 0 aliphatic rings. The highest BCUT2D eigenvalue weighted by Crippen LogP contribution is 2.52. The minimum atomic E-state index is -3.60. The Labute approximate surface area is 113 Å². The molecule has 0 bridgehead atoms. The molecular formula is C13H19O5P. The smallest absolute Gasteiger partial charge is 0.497 e. The largest absolute Gasteiger partial charge is 0.530 e. The summed E-state index contributed by atoms with van der Waals surface area (Å²) in [5.74, 6) is 0.869. The molecule has 5 nitrogen and oxygen atoms in total. The normalized spacial score (nSPS) is 11.1. The molecule has 1 aromatic carbocycles. The Bertz CT molecular complexity index is 462. The fourth-order valence-electron chi connectivity index (χ4n) is 1.39. The van der Waals surface area contributed by atoms with Crippen LogP contribution in [0.2, 0.25) is 0 Å². The second kappa shape index (κ2) is 7.34. The molecule has 0 spiro atoms. The Morgan fingerprint density at radius 1 is 1.26 bits per heavy atom. The fourth-order valence-corrected chi connectivity index (χ4v) is 2.58. The molecule has 0 aliphatic carbocycles. The van der Waals surface area contributed by atoms with Crippen molar-refractivity contribution in [1.82, 2.24) is 0 Å². The molecule has 106 valence electrons. The van der Waals surface area contributed by atoms with Crippen molar-refractivity contribution in [3.8, 4) is 5.75 Å². The van der Waals surface area contributed by atoms with Crippen molar-refractivity contribution in [2.45, 2.75) is 13.8 Å². The highest BCUT2D eigenvalue weighted by Gasteiger charge is 2.28. The van der Waals surface area contributed by atoms with E-state index in [9.17, 15) is 4.57 Å². The summed E-state index contributed by atoms with van der Waals surface area (Å²) in [5, 5.41) is 0. The fraction of sp³-hybridized carbons (Fsp3) is 0.385. The van der Waals surface area contributed by atoms with E-state index in [0.717, 1.165) is 0 Å². The quantitative estimate of drug-likeness (QED) is 0.536. The maximum Gasteiger partial charge on any atom is 0.530 e. The Morgan fingerprint density at radius 3 is 2.42 bits per heavy atom. The zero-order chi connectivity index (χ0) is 14.3. The zero-order valence-corrected chi connectivity index (χ0v) is 12.3. The molecular weight excluding hydrogens is 267 g/mol. The van der Waals surface area contributed by atoms with Crippen LogP contribution >= 0.6 is 7.82 Å². The average molecular weight is 286 g/mol. The van der Waals surface area contributed by atoms with Crippen molar-refractivity contribution in [2.24, 2.45) is 0 Å². The molecule has 0 amide bonds. The second-order valence-corrected chi connectivity index (χ2v) is 5.12. The number of ether oxygens (including phenoxy) is 1. The average Bonchev–Trinajstić information content (AvgIpc) is 2.39. The van der Waals surface area contributed by atoms with Gasteiger partial charge in [0, 0.05) is 5.56 Å². The van der Waals surface area contributed by atoms with Gasteiger partial charge in [0.2, 0.25) is 0 Å². The molecule has 0 radical (unpaired) electrons. The van der Waals surface area contributed by atoms with E-state index in [2.05, 4.69) is 6.58 Å². The minimum Gasteiger partial charge on any atom is -0.497 e. The van der Waals surface area contributed by atoms with Gasteiger partial charge in [0.1, 0.15) is 11.5 Å². The van der Waals surface area contributed by atoms with Crippen LogP contribution in [0.1, 0.15) is 19.4 Å². The van der Waals surface area contributed by atoms with Crippen LogP contribution in [-0.4, -0.2) is 20.3 Å². The van der Waals surface area contributed by atoms with Gasteiger partial charge in [0.15, 0.2) is 0 Å². The van der Waals surface area contributed by atoms with Crippen molar-refractivity contribution in [2.75, 3.05) is 20.3 Å². The summed E-state index contributed by atoms with van der Waals surface area (Å²) in [6.07, 6.45) is 0. The van der Waals surface area contributed by atoms with Crippen LogP contribution in [0.4, 0.5) is 0 Å². The molecule has 1 rings (SSSR count). The maximum atomic E-state index is 12.2. The lowest BCUT2D eigenvalue weighted by Crippen LogP contribution is -1.99. The Kier molecular flexibility index (Phi) is 6.09. The van der Waals surface area contributed by atoms with Gasteiger partial charge in [-0.05, 0) is 26.0 Å². The minimum absolute atomic E-state index is 0.212. The van der Waals surface area contributed by atoms with E-state index in [1.54, 1.807) is 45.2 Å². The third-order valence-electron chi connectivity index (χ3n) is 2.19. The number of hydrogen-bond acceptors (Lipinski definition) is 5. The molecule has 0 N–H and O–H groups in total. The Balaban J connectivity index is 2.84. The van der Waals surface area contributed by atoms with Gasteiger partial charge in [-0.15, -0.1) is 0 Å². The van der Waals surface area contributed by atoms with E-state index in [1.807, 2.05) is 0 Å². The highest BCUT2D eigenvalue weighted by molar-refractivity contribution is 7.48. The molecule has 0 heterocycles. The number of phosphoric acid groups is 1. The summed E-state index contributed by atoms with van der Waals surface area (Å²) in [4.78, 5) is 0. The Hall–Kier alpha value is -1.29. The van der Waals surface area contributed by atoms with E-state index in [1.165, 1.54) is 0 Å². The van der Waals surface area contributed by atoms with Gasteiger partial charge >= 0.3 is 7.82 Å². The third kappa shape index (κ3) is 4.71. The standard InChI is InChI=1S/C13H19O5P/c1-5-16-19(14,17-6-2)18-11(3)12-8-7-9-13(10-12)15-4/h7-10H,3,5-6H2,1-2,4H3. The first-order chi connectivity index (χ1) is 9.04. The van der Waals surface area contributed by atoms with Gasteiger partial charge in [-0.3, -0.25) is 9.05 Å². The van der Waals surface area contributed by atoms with Gasteiger partial charge in [-0.25, -0.2) is 4.57 Å². The molecule has 1 aromatic rings. The van der Waals surface area contributed by atoms with Crippen LogP contribution in [0.5, 0.6) is 5.75 Å². The first-order valence-corrected chi connectivity index (χ1v) is 7.42. The molecule has 0 saturated heterocycles. The third-order valence-corrected chi connectivity index (χ3v) is 3.78. The molecule has 0 aromatic heterocycles. The predicted octanol–water partition coefficient (Wildman–Crippen LogP) is 3.86. The van der Waals surface area contributed by atoms with Crippen LogP contribution in [0.3, 0.4) is 0 Å². The highest BCUT2D eigenvalue weighted by atomic mass is 31.2. The van der Waals surface area contributed by atoms with Crippen molar-refractivity contribution in [1.29, 1.82) is 0 Å². The molecule has 0 unspecified atom stereocenters. The van der Waals surface area contributed by atoms with Gasteiger partial charge in [-0.2, -0.15) is 0 Å². The number of hydrogen-bond donors (Lipinski definition) is 0. The molecule has 19 heavy (non-hydrogen) atoms. The molecule has 0 aliphatic heterocycles. The summed E-state index contributed by atoms with van der Waals surface area (Å²) in [6, 6.07) is 7.08. The van der Waals surface area contributed by atoms with Gasteiger partial charge in [0.25, 0.3) is 0 Å². The van der Waals surface area contributed by atoms with E-state index in [-0.39, 0.29) is 19.0 Å². The van der Waals surface area contributed by atoms with Crippen LogP contribution < -0.4 is 4.74 Å². The lowest BCUT2D eigenvalue weighted by molar-refractivity contribution is 0.159. The summed E-state index contributed by atoms with van der Waals surface area (Å²) in [5.41, 5.74) is 0.652. The van der Waals surface area contributed by atoms with Crippen molar-refractivity contribution >= 4 is 13.6 Å². The van der Waals surface area contributed by atoms with E-state index < -0.39 is 7.82 Å². The second-order valence-electron chi connectivity index (χ2n) is 3.53. The van der Waals surface area contributed by atoms with E-state index in [4.69, 9.17) is 18.3 Å². The summed E-state index contributed by atoms with van der Waals surface area (Å²) in [7, 11) is -2.04. The van der Waals surface area contributed by atoms with Crippen molar-refractivity contribution in [3.63, 3.8) is 0 Å². The van der Waals surface area contributed by atoms with Crippen LogP contribution in [0.15, 0.2) is 30.8 Å². The van der Waals surface area contributed by atoms with Gasteiger partial charge in [-0.1, -0.05) is 18.7 Å². The van der Waals surface area contributed by atoms with Gasteiger partial charge < -0.3 is 9.26 Å². The molecule has 0 saturated carbocycles. The van der Waals surface area contributed by atoms with Crippen molar-refractivity contribution < 1.29 is 22.9 Å². The lowest BCUT2D eigenvalue weighted by Gasteiger charge is -2.18. The van der Waals surface area contributed by atoms with Crippen LogP contribution in [0, 0.1) is 0 Å². The van der Waals surface area contributed by atoms with Gasteiger partial charge in [0.05, 0.1) is 20.3 Å². The number of benzene rings is 1. The zero-order valence-electron chi connectivity index (χ0n) is 11.4. The SMILES string of the molecule is C=C(OP(=O)(OCC)OCC)c1cccc(OC)c1. The molecule has 0 atom stereocenters. The predicted molar refractivity (Wildman–Crippen MR) is 74.0 cm³/mol. The lowest BCUT2D eigenvalue weighted by atomic mass is 10.2. The number of methoxy groups -OCH3 is 1. The van der Waals surface area contributed by atoms with E-state index in [0.29, 0.717) is 11.3 Å². The summed E-state index contributed by atoms with van der Waals surface area (Å²) < 4.78 is 32.6. The molecule has 6 heteroatoms. The summed E-state index contributed by atoms with van der Waals surface area (Å²) in [6.45, 7) is 7.61. The topological polar surface area (TPSA) is 54.0 Å². The maximum absolute atomic E-state index is 12.2. The Morgan fingerprint density at radius 2 is 1.89 bits per heavy atom. The molecule has 0 fully saturated rings. The van der Waals surface area contributed by atoms with E-state index >= 15 is 0 Å². The number of rotatable bonds is 8.